The third-order valence-corrected chi connectivity index (χ3v) is 2.51. The number of hydrogen-bond donors (Lipinski definition) is 2. The van der Waals surface area contributed by atoms with Crippen molar-refractivity contribution in [2.24, 2.45) is 5.73 Å². The predicted octanol–water partition coefficient (Wildman–Crippen LogP) is 1.86. The summed E-state index contributed by atoms with van der Waals surface area (Å²) in [6.45, 7) is 1.86. The number of nitrogens with zero attached hydrogens (tertiary/aromatic N) is 1. The van der Waals surface area contributed by atoms with Crippen molar-refractivity contribution in [2.75, 3.05) is 0 Å². The van der Waals surface area contributed by atoms with E-state index < -0.39 is 5.91 Å². The van der Waals surface area contributed by atoms with Crippen LogP contribution in [0.2, 0.25) is 0 Å². The lowest BCUT2D eigenvalue weighted by Gasteiger charge is -2.08. The Balaban J connectivity index is 2.60. The third kappa shape index (κ3) is 2.10. The van der Waals surface area contributed by atoms with E-state index in [9.17, 15) is 9.90 Å². The Labute approximate surface area is 98.7 Å². The molecule has 4 nitrogen and oxygen atoms in total. The van der Waals surface area contributed by atoms with Crippen LogP contribution in [0.3, 0.4) is 0 Å². The number of carbonyl (C=O) groups excluding carboxylic acids is 1. The van der Waals surface area contributed by atoms with E-state index in [2.05, 4.69) is 4.98 Å². The minimum atomic E-state index is -0.643. The highest BCUT2D eigenvalue weighted by Gasteiger charge is 2.12. The van der Waals surface area contributed by atoms with Crippen LogP contribution in [0.15, 0.2) is 36.5 Å². The first kappa shape index (κ1) is 11.1. The molecule has 0 aliphatic heterocycles. The van der Waals surface area contributed by atoms with Crippen molar-refractivity contribution in [3.8, 4) is 16.9 Å². The van der Waals surface area contributed by atoms with Crippen LogP contribution in [0.1, 0.15) is 16.1 Å². The molecular weight excluding hydrogens is 216 g/mol. The fourth-order valence-electron chi connectivity index (χ4n) is 1.69. The predicted molar refractivity (Wildman–Crippen MR) is 64.6 cm³/mol. The van der Waals surface area contributed by atoms with Crippen LogP contribution in [0.25, 0.3) is 11.1 Å². The quantitative estimate of drug-likeness (QED) is 0.823. The second kappa shape index (κ2) is 4.25. The van der Waals surface area contributed by atoms with Crippen LogP contribution in [-0.4, -0.2) is 16.0 Å². The van der Waals surface area contributed by atoms with E-state index in [4.69, 9.17) is 5.73 Å². The van der Waals surface area contributed by atoms with Gasteiger partial charge in [0.05, 0.1) is 5.56 Å². The molecule has 1 aromatic carbocycles. The number of aryl methyl sites for hydroxylation is 1. The zero-order valence-electron chi connectivity index (χ0n) is 9.34. The molecule has 4 heteroatoms. The number of rotatable bonds is 2. The standard InChI is InChI=1S/C13H12N2O2/c1-8-7-9(5-6-15-8)10-3-2-4-11(12(10)16)13(14)17/h2-7,16H,1H3,(H2,14,17). The third-order valence-electron chi connectivity index (χ3n) is 2.51. The molecule has 1 aromatic heterocycles. The number of primary amides is 1. The molecule has 0 aliphatic carbocycles. The lowest BCUT2D eigenvalue weighted by molar-refractivity contribution is 0.0998. The molecule has 2 rings (SSSR count). The van der Waals surface area contributed by atoms with Crippen LogP contribution >= 0.6 is 0 Å². The Kier molecular flexibility index (Phi) is 2.78. The monoisotopic (exact) mass is 228 g/mol. The van der Waals surface area contributed by atoms with Gasteiger partial charge in [0, 0.05) is 17.5 Å². The van der Waals surface area contributed by atoms with E-state index >= 15 is 0 Å². The number of phenols is 1. The molecule has 0 radical (unpaired) electrons. The van der Waals surface area contributed by atoms with E-state index in [1.807, 2.05) is 13.0 Å². The SMILES string of the molecule is Cc1cc(-c2cccc(C(N)=O)c2O)ccn1. The average Bonchev–Trinajstić information content (AvgIpc) is 2.29. The van der Waals surface area contributed by atoms with Crippen molar-refractivity contribution in [1.82, 2.24) is 4.98 Å². The van der Waals surface area contributed by atoms with E-state index in [0.717, 1.165) is 11.3 Å². The summed E-state index contributed by atoms with van der Waals surface area (Å²) in [6.07, 6.45) is 1.65. The van der Waals surface area contributed by atoms with Crippen molar-refractivity contribution < 1.29 is 9.90 Å². The van der Waals surface area contributed by atoms with Gasteiger partial charge in [0.2, 0.25) is 0 Å². The Morgan fingerprint density at radius 3 is 2.76 bits per heavy atom. The van der Waals surface area contributed by atoms with Gasteiger partial charge >= 0.3 is 0 Å². The zero-order valence-corrected chi connectivity index (χ0v) is 9.34. The molecule has 0 atom stereocenters. The summed E-state index contributed by atoms with van der Waals surface area (Å²) in [7, 11) is 0. The average molecular weight is 228 g/mol. The van der Waals surface area contributed by atoms with E-state index in [1.165, 1.54) is 6.07 Å². The number of aromatic nitrogens is 1. The van der Waals surface area contributed by atoms with E-state index in [0.29, 0.717) is 5.56 Å². The van der Waals surface area contributed by atoms with Crippen LogP contribution in [0, 0.1) is 6.92 Å². The minimum absolute atomic E-state index is 0.0920. The highest BCUT2D eigenvalue weighted by molar-refractivity contribution is 5.98. The summed E-state index contributed by atoms with van der Waals surface area (Å²) >= 11 is 0. The Bertz CT molecular complexity index is 579. The van der Waals surface area contributed by atoms with E-state index in [1.54, 1.807) is 24.4 Å². The maximum absolute atomic E-state index is 11.1. The minimum Gasteiger partial charge on any atom is -0.506 e. The van der Waals surface area contributed by atoms with Gasteiger partial charge in [-0.3, -0.25) is 9.78 Å². The zero-order chi connectivity index (χ0) is 12.4. The summed E-state index contributed by atoms with van der Waals surface area (Å²) in [5.74, 6) is -0.735. The summed E-state index contributed by atoms with van der Waals surface area (Å²) in [4.78, 5) is 15.2. The maximum Gasteiger partial charge on any atom is 0.252 e. The molecule has 1 amide bonds. The molecule has 0 fully saturated rings. The fourth-order valence-corrected chi connectivity index (χ4v) is 1.69. The Morgan fingerprint density at radius 1 is 1.35 bits per heavy atom. The number of para-hydroxylation sites is 1. The highest BCUT2D eigenvalue weighted by Crippen LogP contribution is 2.31. The van der Waals surface area contributed by atoms with Crippen molar-refractivity contribution in [2.45, 2.75) is 6.92 Å². The van der Waals surface area contributed by atoms with Crippen LogP contribution in [0.4, 0.5) is 0 Å². The molecule has 0 aliphatic rings. The molecule has 0 bridgehead atoms. The lowest BCUT2D eigenvalue weighted by Crippen LogP contribution is -2.11. The maximum atomic E-state index is 11.1. The van der Waals surface area contributed by atoms with Gasteiger partial charge in [-0.2, -0.15) is 0 Å². The molecule has 2 aromatic rings. The van der Waals surface area contributed by atoms with E-state index in [-0.39, 0.29) is 11.3 Å². The fraction of sp³-hybridized carbons (Fsp3) is 0.0769. The first-order chi connectivity index (χ1) is 8.09. The second-order valence-corrected chi connectivity index (χ2v) is 3.75. The molecule has 86 valence electrons. The number of pyridine rings is 1. The number of amides is 1. The summed E-state index contributed by atoms with van der Waals surface area (Å²) in [5, 5.41) is 9.98. The van der Waals surface area contributed by atoms with Gasteiger partial charge in [-0.05, 0) is 30.7 Å². The van der Waals surface area contributed by atoms with Gasteiger partial charge < -0.3 is 10.8 Å². The molecule has 17 heavy (non-hydrogen) atoms. The lowest BCUT2D eigenvalue weighted by atomic mass is 10.0. The van der Waals surface area contributed by atoms with Crippen LogP contribution < -0.4 is 5.73 Å². The summed E-state index contributed by atoms with van der Waals surface area (Å²) < 4.78 is 0. The molecule has 3 N–H and O–H groups in total. The van der Waals surface area contributed by atoms with Gasteiger partial charge in [-0.1, -0.05) is 12.1 Å². The summed E-state index contributed by atoms with van der Waals surface area (Å²) in [5.41, 5.74) is 7.52. The first-order valence-corrected chi connectivity index (χ1v) is 5.14. The van der Waals surface area contributed by atoms with Gasteiger partial charge in [-0.25, -0.2) is 0 Å². The van der Waals surface area contributed by atoms with Gasteiger partial charge in [0.1, 0.15) is 5.75 Å². The highest BCUT2D eigenvalue weighted by atomic mass is 16.3. The van der Waals surface area contributed by atoms with Crippen molar-refractivity contribution in [3.05, 3.63) is 47.8 Å². The van der Waals surface area contributed by atoms with Crippen molar-refractivity contribution in [3.63, 3.8) is 0 Å². The topological polar surface area (TPSA) is 76.2 Å². The number of aromatic hydroxyl groups is 1. The summed E-state index contributed by atoms with van der Waals surface area (Å²) in [6, 6.07) is 8.52. The molecule has 1 heterocycles. The number of benzene rings is 1. The molecule has 0 saturated carbocycles. The number of carbonyl (C=O) groups is 1. The molecule has 0 unspecified atom stereocenters. The molecule has 0 spiro atoms. The van der Waals surface area contributed by atoms with Crippen molar-refractivity contribution >= 4 is 5.91 Å². The smallest absolute Gasteiger partial charge is 0.252 e. The van der Waals surface area contributed by atoms with Crippen LogP contribution in [0.5, 0.6) is 5.75 Å². The van der Waals surface area contributed by atoms with Gasteiger partial charge in [0.15, 0.2) is 0 Å². The molecular formula is C13H12N2O2. The number of hydrogen-bond acceptors (Lipinski definition) is 3. The van der Waals surface area contributed by atoms with Gasteiger partial charge in [-0.15, -0.1) is 0 Å². The van der Waals surface area contributed by atoms with Crippen molar-refractivity contribution in [1.29, 1.82) is 0 Å². The second-order valence-electron chi connectivity index (χ2n) is 3.75. The molecule has 0 saturated heterocycles. The number of nitrogens with two attached hydrogens (primary N) is 1. The Hall–Kier alpha value is -2.36. The Morgan fingerprint density at radius 2 is 2.12 bits per heavy atom. The van der Waals surface area contributed by atoms with Gasteiger partial charge in [0.25, 0.3) is 5.91 Å². The van der Waals surface area contributed by atoms with Crippen LogP contribution in [-0.2, 0) is 0 Å². The largest absolute Gasteiger partial charge is 0.506 e. The normalized spacial score (nSPS) is 10.2. The first-order valence-electron chi connectivity index (χ1n) is 5.14.